The molecule has 0 aliphatic heterocycles. The molecule has 23 heavy (non-hydrogen) atoms. The summed E-state index contributed by atoms with van der Waals surface area (Å²) in [4.78, 5) is 12.0. The molecule has 1 N–H and O–H groups in total. The van der Waals surface area contributed by atoms with Crippen LogP contribution in [0.25, 0.3) is 6.08 Å². The average molecular weight is 311 g/mol. The van der Waals surface area contributed by atoms with Gasteiger partial charge < -0.3 is 14.8 Å². The van der Waals surface area contributed by atoms with Gasteiger partial charge in [0.2, 0.25) is 5.91 Å². The lowest BCUT2D eigenvalue weighted by Gasteiger charge is -2.12. The van der Waals surface area contributed by atoms with Gasteiger partial charge in [-0.15, -0.1) is 0 Å². The number of hydrogen-bond acceptors (Lipinski definition) is 3. The molecule has 0 radical (unpaired) electrons. The van der Waals surface area contributed by atoms with Crippen LogP contribution in [-0.4, -0.2) is 19.1 Å². The van der Waals surface area contributed by atoms with Crippen molar-refractivity contribution in [1.82, 2.24) is 0 Å². The summed E-state index contributed by atoms with van der Waals surface area (Å²) in [6.07, 6.45) is 3.28. The van der Waals surface area contributed by atoms with E-state index < -0.39 is 0 Å². The molecule has 4 nitrogen and oxygen atoms in total. The second kappa shape index (κ2) is 8.63. The molecule has 0 bridgehead atoms. The molecule has 2 aromatic carbocycles. The van der Waals surface area contributed by atoms with E-state index in [1.807, 2.05) is 44.2 Å². The third kappa shape index (κ3) is 5.18. The summed E-state index contributed by atoms with van der Waals surface area (Å²) in [6.45, 7) is 4.92. The molecule has 120 valence electrons. The second-order valence-electron chi connectivity index (χ2n) is 4.76. The highest BCUT2D eigenvalue weighted by Crippen LogP contribution is 2.30. The number of carbonyl (C=O) groups excluding carboxylic acids is 1. The quantitative estimate of drug-likeness (QED) is 0.782. The van der Waals surface area contributed by atoms with Crippen molar-refractivity contribution >= 4 is 17.7 Å². The summed E-state index contributed by atoms with van der Waals surface area (Å²) in [6, 6.07) is 15.0. The van der Waals surface area contributed by atoms with Crippen LogP contribution in [0.2, 0.25) is 0 Å². The molecule has 0 saturated heterocycles. The molecule has 2 rings (SSSR count). The van der Waals surface area contributed by atoms with Gasteiger partial charge in [0.1, 0.15) is 0 Å². The van der Waals surface area contributed by atoms with Crippen molar-refractivity contribution in [3.05, 3.63) is 60.2 Å². The number of nitrogens with one attached hydrogen (secondary N) is 1. The van der Waals surface area contributed by atoms with Crippen LogP contribution in [-0.2, 0) is 4.79 Å². The lowest BCUT2D eigenvalue weighted by molar-refractivity contribution is -0.111. The van der Waals surface area contributed by atoms with Crippen LogP contribution in [0.3, 0.4) is 0 Å². The fourth-order valence-electron chi connectivity index (χ4n) is 2.05. The second-order valence-corrected chi connectivity index (χ2v) is 4.76. The summed E-state index contributed by atoms with van der Waals surface area (Å²) >= 11 is 0. The number of carbonyl (C=O) groups is 1. The Morgan fingerprint density at radius 1 is 1.00 bits per heavy atom. The van der Waals surface area contributed by atoms with Gasteiger partial charge in [0, 0.05) is 17.8 Å². The molecule has 0 aromatic heterocycles. The minimum atomic E-state index is -0.194. The molecule has 0 aliphatic rings. The number of anilines is 1. The van der Waals surface area contributed by atoms with E-state index in [9.17, 15) is 4.79 Å². The molecular formula is C19H21NO3. The molecule has 1 amide bonds. The predicted octanol–water partition coefficient (Wildman–Crippen LogP) is 4.14. The van der Waals surface area contributed by atoms with Gasteiger partial charge in [-0.2, -0.15) is 0 Å². The van der Waals surface area contributed by atoms with E-state index in [0.29, 0.717) is 30.4 Å². The van der Waals surface area contributed by atoms with E-state index in [1.165, 1.54) is 6.08 Å². The van der Waals surface area contributed by atoms with Crippen molar-refractivity contribution in [3.63, 3.8) is 0 Å². The third-order valence-electron chi connectivity index (χ3n) is 3.04. The summed E-state index contributed by atoms with van der Waals surface area (Å²) in [5.41, 5.74) is 1.64. The van der Waals surface area contributed by atoms with Crippen LogP contribution in [0.5, 0.6) is 11.5 Å². The van der Waals surface area contributed by atoms with Crippen LogP contribution in [0, 0.1) is 0 Å². The molecule has 0 saturated carbocycles. The van der Waals surface area contributed by atoms with Crippen LogP contribution >= 0.6 is 0 Å². The summed E-state index contributed by atoms with van der Waals surface area (Å²) in [5, 5.41) is 2.82. The lowest BCUT2D eigenvalue weighted by atomic mass is 10.2. The largest absolute Gasteiger partial charge is 0.490 e. The molecule has 0 fully saturated rings. The highest BCUT2D eigenvalue weighted by molar-refractivity contribution is 6.02. The summed E-state index contributed by atoms with van der Waals surface area (Å²) < 4.78 is 11.0. The predicted molar refractivity (Wildman–Crippen MR) is 92.9 cm³/mol. The standard InChI is InChI=1S/C19H21NO3/c1-3-22-17-12-11-16(14-18(17)23-4-2)20-19(21)13-10-15-8-6-5-7-9-15/h5-14H,3-4H2,1-2H3,(H,20,21)/b13-10+. The smallest absolute Gasteiger partial charge is 0.248 e. The first-order chi connectivity index (χ1) is 11.2. The van der Waals surface area contributed by atoms with Gasteiger partial charge in [-0.05, 0) is 37.6 Å². The zero-order chi connectivity index (χ0) is 16.5. The molecule has 4 heteroatoms. The van der Waals surface area contributed by atoms with Crippen LogP contribution < -0.4 is 14.8 Å². The number of hydrogen-bond donors (Lipinski definition) is 1. The lowest BCUT2D eigenvalue weighted by Crippen LogP contribution is -2.08. The van der Waals surface area contributed by atoms with Crippen molar-refractivity contribution in [3.8, 4) is 11.5 Å². The van der Waals surface area contributed by atoms with Crippen molar-refractivity contribution in [1.29, 1.82) is 0 Å². The van der Waals surface area contributed by atoms with Crippen LogP contribution in [0.4, 0.5) is 5.69 Å². The monoisotopic (exact) mass is 311 g/mol. The van der Waals surface area contributed by atoms with E-state index >= 15 is 0 Å². The molecule has 0 atom stereocenters. The van der Waals surface area contributed by atoms with E-state index in [2.05, 4.69) is 5.32 Å². The van der Waals surface area contributed by atoms with Crippen molar-refractivity contribution in [2.75, 3.05) is 18.5 Å². The van der Waals surface area contributed by atoms with Gasteiger partial charge in [-0.1, -0.05) is 30.3 Å². The fraction of sp³-hybridized carbons (Fsp3) is 0.211. The van der Waals surface area contributed by atoms with Gasteiger partial charge in [-0.3, -0.25) is 4.79 Å². The Bertz CT molecular complexity index is 666. The Morgan fingerprint density at radius 3 is 2.39 bits per heavy atom. The maximum Gasteiger partial charge on any atom is 0.248 e. The Labute approximate surface area is 136 Å². The molecule has 2 aromatic rings. The van der Waals surface area contributed by atoms with Crippen LogP contribution in [0.1, 0.15) is 19.4 Å². The highest BCUT2D eigenvalue weighted by atomic mass is 16.5. The normalized spacial score (nSPS) is 10.5. The molecule has 0 unspecified atom stereocenters. The highest BCUT2D eigenvalue weighted by Gasteiger charge is 2.07. The number of benzene rings is 2. The molecule has 0 spiro atoms. The Kier molecular flexibility index (Phi) is 6.24. The Morgan fingerprint density at radius 2 is 1.70 bits per heavy atom. The minimum Gasteiger partial charge on any atom is -0.490 e. The maximum absolute atomic E-state index is 12.0. The maximum atomic E-state index is 12.0. The SMILES string of the molecule is CCOc1ccc(NC(=O)/C=C/c2ccccc2)cc1OCC. The first kappa shape index (κ1) is 16.6. The third-order valence-corrected chi connectivity index (χ3v) is 3.04. The van der Waals surface area contributed by atoms with E-state index in [-0.39, 0.29) is 5.91 Å². The minimum absolute atomic E-state index is 0.194. The van der Waals surface area contributed by atoms with Gasteiger partial charge in [-0.25, -0.2) is 0 Å². The zero-order valence-electron chi connectivity index (χ0n) is 13.4. The van der Waals surface area contributed by atoms with Gasteiger partial charge >= 0.3 is 0 Å². The summed E-state index contributed by atoms with van der Waals surface area (Å²) in [7, 11) is 0. The topological polar surface area (TPSA) is 47.6 Å². The molecule has 0 aliphatic carbocycles. The zero-order valence-corrected chi connectivity index (χ0v) is 13.4. The first-order valence-corrected chi connectivity index (χ1v) is 7.66. The average Bonchev–Trinajstić information content (AvgIpc) is 2.57. The van der Waals surface area contributed by atoms with E-state index in [1.54, 1.807) is 24.3 Å². The van der Waals surface area contributed by atoms with Gasteiger partial charge in [0.25, 0.3) is 0 Å². The number of ether oxygens (including phenoxy) is 2. The fourth-order valence-corrected chi connectivity index (χ4v) is 2.05. The van der Waals surface area contributed by atoms with Gasteiger partial charge in [0.15, 0.2) is 11.5 Å². The van der Waals surface area contributed by atoms with Crippen LogP contribution in [0.15, 0.2) is 54.6 Å². The summed E-state index contributed by atoms with van der Waals surface area (Å²) in [5.74, 6) is 1.10. The van der Waals surface area contributed by atoms with Crippen molar-refractivity contribution < 1.29 is 14.3 Å². The number of amides is 1. The van der Waals surface area contributed by atoms with Crippen molar-refractivity contribution in [2.45, 2.75) is 13.8 Å². The first-order valence-electron chi connectivity index (χ1n) is 7.66. The Hall–Kier alpha value is -2.75. The molecule has 0 heterocycles. The molecular weight excluding hydrogens is 290 g/mol. The van der Waals surface area contributed by atoms with Gasteiger partial charge in [0.05, 0.1) is 13.2 Å². The van der Waals surface area contributed by atoms with E-state index in [4.69, 9.17) is 9.47 Å². The number of rotatable bonds is 7. The van der Waals surface area contributed by atoms with E-state index in [0.717, 1.165) is 5.56 Å². The Balaban J connectivity index is 2.05. The van der Waals surface area contributed by atoms with Crippen molar-refractivity contribution in [2.24, 2.45) is 0 Å².